The highest BCUT2D eigenvalue weighted by Gasteiger charge is 2.22. The van der Waals surface area contributed by atoms with Crippen LogP contribution in [0.3, 0.4) is 0 Å². The summed E-state index contributed by atoms with van der Waals surface area (Å²) in [4.78, 5) is 22.9. The normalized spacial score (nSPS) is 15.9. The van der Waals surface area contributed by atoms with Crippen molar-refractivity contribution in [2.24, 2.45) is 0 Å². The Labute approximate surface area is 75.9 Å². The van der Waals surface area contributed by atoms with E-state index in [0.29, 0.717) is 13.2 Å². The molecule has 2 amide bonds. The summed E-state index contributed by atoms with van der Waals surface area (Å²) < 4.78 is 9.75. The summed E-state index contributed by atoms with van der Waals surface area (Å²) in [5.74, 6) is -0.662. The van der Waals surface area contributed by atoms with Crippen molar-refractivity contribution in [3.05, 3.63) is 12.2 Å². The lowest BCUT2D eigenvalue weighted by Gasteiger charge is -2.13. The van der Waals surface area contributed by atoms with Crippen molar-refractivity contribution in [3.63, 3.8) is 0 Å². The second-order valence-corrected chi connectivity index (χ2v) is 2.47. The molecule has 0 aromatic heterocycles. The van der Waals surface area contributed by atoms with Crippen molar-refractivity contribution in [2.75, 3.05) is 27.1 Å². The van der Waals surface area contributed by atoms with Gasteiger partial charge in [-0.15, -0.1) is 0 Å². The lowest BCUT2D eigenvalue weighted by atomic mass is 10.6. The monoisotopic (exact) mass is 185 g/mol. The summed E-state index contributed by atoms with van der Waals surface area (Å²) in [6, 6.07) is 0. The lowest BCUT2D eigenvalue weighted by Crippen LogP contribution is -2.32. The maximum atomic E-state index is 11.0. The molecule has 0 spiro atoms. The Morgan fingerprint density at radius 3 is 2.38 bits per heavy atom. The van der Waals surface area contributed by atoms with E-state index in [9.17, 15) is 9.59 Å². The van der Waals surface area contributed by atoms with Crippen molar-refractivity contribution in [2.45, 2.75) is 0 Å². The van der Waals surface area contributed by atoms with Crippen LogP contribution in [0.15, 0.2) is 12.2 Å². The summed E-state index contributed by atoms with van der Waals surface area (Å²) >= 11 is 0. The van der Waals surface area contributed by atoms with E-state index in [1.54, 1.807) is 7.11 Å². The summed E-state index contributed by atoms with van der Waals surface area (Å²) in [6.07, 6.45) is 2.45. The molecule has 0 N–H and O–H groups in total. The molecule has 0 unspecified atom stereocenters. The summed E-state index contributed by atoms with van der Waals surface area (Å²) in [6.45, 7) is 0.811. The Balaban J connectivity index is 2.22. The highest BCUT2D eigenvalue weighted by atomic mass is 16.5. The van der Waals surface area contributed by atoms with Gasteiger partial charge in [-0.25, -0.2) is 0 Å². The highest BCUT2D eigenvalue weighted by molar-refractivity contribution is 6.12. The number of methoxy groups -OCH3 is 1. The van der Waals surface area contributed by atoms with E-state index in [1.807, 2.05) is 0 Å². The minimum Gasteiger partial charge on any atom is -0.382 e. The molecule has 0 bridgehead atoms. The van der Waals surface area contributed by atoms with Crippen LogP contribution < -0.4 is 0 Å². The van der Waals surface area contributed by atoms with Crippen LogP contribution in [-0.4, -0.2) is 43.8 Å². The smallest absolute Gasteiger partial charge is 0.255 e. The molecule has 13 heavy (non-hydrogen) atoms. The average Bonchev–Trinajstić information content (AvgIpc) is 2.42. The Bertz CT molecular complexity index is 218. The van der Waals surface area contributed by atoms with Crippen LogP contribution in [0.1, 0.15) is 0 Å². The zero-order chi connectivity index (χ0) is 9.68. The Morgan fingerprint density at radius 1 is 1.23 bits per heavy atom. The van der Waals surface area contributed by atoms with Gasteiger partial charge in [0.15, 0.2) is 0 Å². The van der Waals surface area contributed by atoms with Crippen LogP contribution >= 0.6 is 0 Å². The molecular formula is C8H11NO4. The van der Waals surface area contributed by atoms with E-state index in [2.05, 4.69) is 0 Å². The molecule has 1 aliphatic heterocycles. The predicted molar refractivity (Wildman–Crippen MR) is 43.7 cm³/mol. The summed E-state index contributed by atoms with van der Waals surface area (Å²) in [5.41, 5.74) is 0. The molecule has 0 aromatic carbocycles. The third-order valence-corrected chi connectivity index (χ3v) is 1.55. The molecule has 0 fully saturated rings. The third-order valence-electron chi connectivity index (χ3n) is 1.55. The van der Waals surface area contributed by atoms with Crippen LogP contribution in [0.25, 0.3) is 0 Å². The molecule has 0 aromatic rings. The average molecular weight is 185 g/mol. The van der Waals surface area contributed by atoms with Gasteiger partial charge < -0.3 is 9.47 Å². The highest BCUT2D eigenvalue weighted by Crippen LogP contribution is 2.02. The van der Waals surface area contributed by atoms with Gasteiger partial charge in [0, 0.05) is 19.3 Å². The van der Waals surface area contributed by atoms with Crippen LogP contribution in [-0.2, 0) is 19.1 Å². The second-order valence-electron chi connectivity index (χ2n) is 2.47. The molecule has 0 saturated carbocycles. The SMILES string of the molecule is COCCOCN1C(=O)C=CC1=O. The zero-order valence-corrected chi connectivity index (χ0v) is 7.36. The minimum atomic E-state index is -0.331. The number of ether oxygens (including phenoxy) is 2. The van der Waals surface area contributed by atoms with Crippen LogP contribution in [0.2, 0.25) is 0 Å². The number of nitrogens with zero attached hydrogens (tertiary/aromatic N) is 1. The van der Waals surface area contributed by atoms with Crippen LogP contribution in [0, 0.1) is 0 Å². The van der Waals surface area contributed by atoms with Crippen molar-refractivity contribution in [3.8, 4) is 0 Å². The first-order valence-electron chi connectivity index (χ1n) is 3.86. The number of hydrogen-bond acceptors (Lipinski definition) is 4. The van der Waals surface area contributed by atoms with Gasteiger partial charge in [0.2, 0.25) is 0 Å². The fourth-order valence-corrected chi connectivity index (χ4v) is 0.856. The molecule has 1 heterocycles. The molecule has 0 radical (unpaired) electrons. The van der Waals surface area contributed by atoms with Crippen molar-refractivity contribution < 1.29 is 19.1 Å². The van der Waals surface area contributed by atoms with Gasteiger partial charge in [0.05, 0.1) is 13.2 Å². The molecule has 0 aliphatic carbocycles. The second kappa shape index (κ2) is 4.74. The first-order chi connectivity index (χ1) is 6.25. The Morgan fingerprint density at radius 2 is 1.85 bits per heavy atom. The van der Waals surface area contributed by atoms with E-state index >= 15 is 0 Å². The quantitative estimate of drug-likeness (QED) is 0.429. The topological polar surface area (TPSA) is 55.8 Å². The van der Waals surface area contributed by atoms with E-state index in [1.165, 1.54) is 12.2 Å². The van der Waals surface area contributed by atoms with Gasteiger partial charge in [-0.05, 0) is 0 Å². The number of imide groups is 1. The summed E-state index contributed by atoms with van der Waals surface area (Å²) in [5, 5.41) is 0. The fourth-order valence-electron chi connectivity index (χ4n) is 0.856. The van der Waals surface area contributed by atoms with Crippen molar-refractivity contribution in [1.82, 2.24) is 4.90 Å². The van der Waals surface area contributed by atoms with Crippen molar-refractivity contribution >= 4 is 11.8 Å². The van der Waals surface area contributed by atoms with E-state index < -0.39 is 0 Å². The fraction of sp³-hybridized carbons (Fsp3) is 0.500. The first kappa shape index (κ1) is 9.88. The molecular weight excluding hydrogens is 174 g/mol. The number of hydrogen-bond donors (Lipinski definition) is 0. The minimum absolute atomic E-state index is 0.00593. The molecule has 1 aliphatic rings. The molecule has 5 heteroatoms. The van der Waals surface area contributed by atoms with Gasteiger partial charge in [-0.3, -0.25) is 14.5 Å². The van der Waals surface area contributed by atoms with Crippen LogP contribution in [0.5, 0.6) is 0 Å². The molecule has 5 nitrogen and oxygen atoms in total. The molecule has 1 rings (SSSR count). The largest absolute Gasteiger partial charge is 0.382 e. The first-order valence-corrected chi connectivity index (χ1v) is 3.86. The lowest BCUT2D eigenvalue weighted by molar-refractivity contribution is -0.143. The van der Waals surface area contributed by atoms with E-state index in [-0.39, 0.29) is 18.5 Å². The van der Waals surface area contributed by atoms with Gasteiger partial charge >= 0.3 is 0 Å². The van der Waals surface area contributed by atoms with Crippen LogP contribution in [0.4, 0.5) is 0 Å². The van der Waals surface area contributed by atoms with Gasteiger partial charge in [0.25, 0.3) is 11.8 Å². The molecule has 0 saturated heterocycles. The molecule has 0 atom stereocenters. The maximum absolute atomic E-state index is 11.0. The molecule has 72 valence electrons. The Hall–Kier alpha value is -1.20. The zero-order valence-electron chi connectivity index (χ0n) is 7.36. The standard InChI is InChI=1S/C8H11NO4/c1-12-4-5-13-6-9-7(10)2-3-8(9)11/h2-3H,4-6H2,1H3. The van der Waals surface area contributed by atoms with Gasteiger partial charge in [-0.2, -0.15) is 0 Å². The van der Waals surface area contributed by atoms with Gasteiger partial charge in [0.1, 0.15) is 6.73 Å². The van der Waals surface area contributed by atoms with E-state index in [4.69, 9.17) is 9.47 Å². The number of rotatable bonds is 5. The number of carbonyl (C=O) groups is 2. The maximum Gasteiger partial charge on any atom is 0.255 e. The van der Waals surface area contributed by atoms with E-state index in [0.717, 1.165) is 4.90 Å². The Kier molecular flexibility index (Phi) is 3.60. The number of amides is 2. The third kappa shape index (κ3) is 2.64. The van der Waals surface area contributed by atoms with Gasteiger partial charge in [-0.1, -0.05) is 0 Å². The number of carbonyl (C=O) groups excluding carboxylic acids is 2. The predicted octanol–water partition coefficient (Wildman–Crippen LogP) is -0.468. The summed E-state index contributed by atoms with van der Waals surface area (Å²) in [7, 11) is 1.55. The van der Waals surface area contributed by atoms with Crippen molar-refractivity contribution in [1.29, 1.82) is 0 Å².